The van der Waals surface area contributed by atoms with Crippen LogP contribution in [0.15, 0.2) is 132 Å². The monoisotopic (exact) mass is 1270 g/mol. The number of ketones is 1. The lowest BCUT2D eigenvalue weighted by molar-refractivity contribution is -0.156. The van der Waals surface area contributed by atoms with Crippen LogP contribution in [0, 0.1) is 0 Å². The van der Waals surface area contributed by atoms with E-state index in [2.05, 4.69) is 29.4 Å². The number of rotatable bonds is 30. The average Bonchev–Trinajstić information content (AvgIpc) is 2.81. The molecule has 2 heterocycles. The van der Waals surface area contributed by atoms with Crippen LogP contribution in [0.4, 0.5) is 0 Å². The molecule has 89 heavy (non-hydrogen) atoms. The SMILES string of the molecule is CC(C)(C)OC(=O)CCCCCc1ccc(Oc2ccc(S(=O)(=O)Cc3ncc(C(=O)O)cn3)cc2)cc1.COC(=O)CCCC(=O)c1cnc(CS(=O)(=O)c2ccc(Oc3ccc(CCCCCC(=O)OC(C)(C)C)cc3)cc2)nc1.COC(=O)CCN. The number of Topliss-reactive ketones (excluding diaryl/α,β-unsaturated/α-hetero) is 1. The van der Waals surface area contributed by atoms with Crippen molar-refractivity contribution in [3.05, 3.63) is 156 Å². The van der Waals surface area contributed by atoms with Gasteiger partial charge in [-0.1, -0.05) is 37.1 Å². The Hall–Kier alpha value is -8.48. The number of esters is 4. The van der Waals surface area contributed by atoms with Crippen LogP contribution in [-0.4, -0.2) is 109 Å². The van der Waals surface area contributed by atoms with Gasteiger partial charge in [0, 0.05) is 57.0 Å². The molecular weight excluding hydrogens is 1190 g/mol. The maximum absolute atomic E-state index is 12.9. The molecule has 0 aliphatic carbocycles. The Bertz CT molecular complexity index is 3440. The molecule has 0 saturated carbocycles. The smallest absolute Gasteiger partial charge is 0.338 e. The Kier molecular flexibility index (Phi) is 29.6. The van der Waals surface area contributed by atoms with E-state index in [0.717, 1.165) is 74.9 Å². The first-order chi connectivity index (χ1) is 42.1. The molecule has 24 heteroatoms. The van der Waals surface area contributed by atoms with Crippen molar-refractivity contribution in [2.75, 3.05) is 20.8 Å². The van der Waals surface area contributed by atoms with Crippen LogP contribution in [0.1, 0.15) is 162 Å². The van der Waals surface area contributed by atoms with Crippen LogP contribution in [0.5, 0.6) is 23.0 Å². The van der Waals surface area contributed by atoms with E-state index in [4.69, 9.17) is 29.8 Å². The molecule has 22 nitrogen and oxygen atoms in total. The fraction of sp³-hybridized carbons (Fsp3) is 0.415. The molecule has 0 spiro atoms. The molecule has 6 aromatic rings. The zero-order chi connectivity index (χ0) is 65.6. The van der Waals surface area contributed by atoms with Crippen molar-refractivity contribution in [1.82, 2.24) is 19.9 Å². The minimum Gasteiger partial charge on any atom is -0.478 e. The van der Waals surface area contributed by atoms with Gasteiger partial charge in [0.2, 0.25) is 0 Å². The van der Waals surface area contributed by atoms with E-state index in [1.807, 2.05) is 90.1 Å². The fourth-order valence-corrected chi connectivity index (χ4v) is 10.4. The van der Waals surface area contributed by atoms with Crippen LogP contribution >= 0.6 is 0 Å². The molecule has 0 unspecified atom stereocenters. The van der Waals surface area contributed by atoms with Crippen LogP contribution in [-0.2, 0) is 82.1 Å². The standard InChI is InChI=1S/C33H40N2O8S.C28H32N2O7S.C4H9NO2/c1-33(2,3)43-32(38)11-7-5-6-9-24-13-15-26(16-14-24)42-27-17-19-28(20-18-27)44(39,40)23-30-34-21-25(22-35-30)29(36)10-8-12-31(37)41-4;1-28(2,3)37-26(31)8-6-4-5-7-20-9-11-22(12-10-20)36-23-13-15-24(16-14-23)38(34,35)19-25-29-17-21(18-30-25)27(32)33;1-7-4(6)2-3-5/h13-22H,5-12,23H2,1-4H3;9-18H,4-8,19H2,1-3H3,(H,32,33);2-3,5H2,1H3. The number of nitrogens with two attached hydrogens (primary N) is 1. The van der Waals surface area contributed by atoms with Crippen molar-refractivity contribution in [3.63, 3.8) is 0 Å². The maximum atomic E-state index is 12.9. The molecule has 0 radical (unpaired) electrons. The van der Waals surface area contributed by atoms with E-state index in [-0.39, 0.29) is 75.1 Å². The second-order valence-corrected chi connectivity index (χ2v) is 26.3. The predicted molar refractivity (Wildman–Crippen MR) is 331 cm³/mol. The van der Waals surface area contributed by atoms with Gasteiger partial charge in [-0.2, -0.15) is 0 Å². The molecule has 2 aromatic heterocycles. The van der Waals surface area contributed by atoms with E-state index < -0.39 is 48.4 Å². The van der Waals surface area contributed by atoms with Gasteiger partial charge >= 0.3 is 29.8 Å². The van der Waals surface area contributed by atoms with Gasteiger partial charge in [0.05, 0.1) is 41.6 Å². The van der Waals surface area contributed by atoms with Gasteiger partial charge in [0.25, 0.3) is 0 Å². The number of carbonyl (C=O) groups excluding carboxylic acids is 5. The molecule has 6 rings (SSSR count). The lowest BCUT2D eigenvalue weighted by atomic mass is 10.1. The molecule has 0 amide bonds. The minimum absolute atomic E-state index is 0.0125. The molecule has 4 aromatic carbocycles. The molecule has 0 aliphatic heterocycles. The zero-order valence-electron chi connectivity index (χ0n) is 51.7. The summed E-state index contributed by atoms with van der Waals surface area (Å²) in [4.78, 5) is 83.9. The molecular formula is C65H81N5O17S2. The molecule has 0 atom stereocenters. The number of carboxylic acid groups (broad SMARTS) is 1. The summed E-state index contributed by atoms with van der Waals surface area (Å²) >= 11 is 0. The van der Waals surface area contributed by atoms with Gasteiger partial charge < -0.3 is 39.3 Å². The number of ether oxygens (including phenoxy) is 6. The molecule has 0 saturated heterocycles. The number of hydrogen-bond donors (Lipinski definition) is 2. The molecule has 480 valence electrons. The first kappa shape index (κ1) is 73.0. The lowest BCUT2D eigenvalue weighted by Crippen LogP contribution is -2.23. The summed E-state index contributed by atoms with van der Waals surface area (Å²) in [6, 6.07) is 27.5. The fourth-order valence-electron chi connectivity index (χ4n) is 7.97. The Balaban J connectivity index is 0.000000346. The number of unbranched alkanes of at least 4 members (excludes halogenated alkanes) is 4. The van der Waals surface area contributed by atoms with Crippen molar-refractivity contribution in [3.8, 4) is 23.0 Å². The third kappa shape index (κ3) is 28.9. The van der Waals surface area contributed by atoms with Gasteiger partial charge in [-0.15, -0.1) is 0 Å². The molecule has 0 fully saturated rings. The van der Waals surface area contributed by atoms with E-state index in [1.165, 1.54) is 50.9 Å². The van der Waals surface area contributed by atoms with Gasteiger partial charge in [-0.3, -0.25) is 24.0 Å². The van der Waals surface area contributed by atoms with Crippen LogP contribution in [0.25, 0.3) is 0 Å². The number of nitrogens with zero attached hydrogens (tertiary/aromatic N) is 4. The number of carbonyl (C=O) groups is 6. The summed E-state index contributed by atoms with van der Waals surface area (Å²) in [6.07, 6.45) is 13.7. The predicted octanol–water partition coefficient (Wildman–Crippen LogP) is 11.1. The van der Waals surface area contributed by atoms with E-state index in [0.29, 0.717) is 55.2 Å². The minimum atomic E-state index is -3.74. The Morgan fingerprint density at radius 3 is 1.10 bits per heavy atom. The van der Waals surface area contributed by atoms with E-state index in [9.17, 15) is 45.6 Å². The van der Waals surface area contributed by atoms with Crippen molar-refractivity contribution < 1.29 is 79.1 Å². The molecule has 0 bridgehead atoms. The summed E-state index contributed by atoms with van der Waals surface area (Å²) < 4.78 is 82.4. The second kappa shape index (κ2) is 36.1. The summed E-state index contributed by atoms with van der Waals surface area (Å²) in [6.45, 7) is 11.6. The Morgan fingerprint density at radius 1 is 0.438 bits per heavy atom. The molecule has 3 N–H and O–H groups in total. The number of benzene rings is 4. The first-order valence-corrected chi connectivity index (χ1v) is 32.2. The van der Waals surface area contributed by atoms with Crippen LogP contribution in [0.3, 0.4) is 0 Å². The molecule has 0 aliphatic rings. The van der Waals surface area contributed by atoms with E-state index >= 15 is 0 Å². The van der Waals surface area contributed by atoms with Crippen molar-refractivity contribution in [2.24, 2.45) is 5.73 Å². The Morgan fingerprint density at radius 2 is 0.775 bits per heavy atom. The first-order valence-electron chi connectivity index (χ1n) is 28.9. The number of aromatic nitrogens is 4. The van der Waals surface area contributed by atoms with Crippen LogP contribution in [0.2, 0.25) is 0 Å². The Labute approximate surface area is 521 Å². The highest BCUT2D eigenvalue weighted by Gasteiger charge is 2.21. The van der Waals surface area contributed by atoms with Gasteiger partial charge in [-0.25, -0.2) is 41.6 Å². The number of aryl methyl sites for hydroxylation is 2. The lowest BCUT2D eigenvalue weighted by Gasteiger charge is -2.19. The van der Waals surface area contributed by atoms with Crippen molar-refractivity contribution in [1.29, 1.82) is 0 Å². The number of aromatic carboxylic acids is 1. The second-order valence-electron chi connectivity index (χ2n) is 22.3. The quantitative estimate of drug-likeness (QED) is 0.0183. The number of carboxylic acids is 1. The third-order valence-corrected chi connectivity index (χ3v) is 15.7. The largest absolute Gasteiger partial charge is 0.478 e. The highest BCUT2D eigenvalue weighted by molar-refractivity contribution is 7.91. The average molecular weight is 1270 g/mol. The topological polar surface area (TPSA) is 324 Å². The maximum Gasteiger partial charge on any atom is 0.338 e. The highest BCUT2D eigenvalue weighted by atomic mass is 32.2. The summed E-state index contributed by atoms with van der Waals surface area (Å²) in [5.74, 6) is -0.939. The number of hydrogen-bond acceptors (Lipinski definition) is 21. The summed E-state index contributed by atoms with van der Waals surface area (Å²) in [5.41, 5.74) is 6.56. The van der Waals surface area contributed by atoms with Gasteiger partial charge in [0.15, 0.2) is 25.5 Å². The number of methoxy groups -OCH3 is 2. The zero-order valence-corrected chi connectivity index (χ0v) is 53.4. The third-order valence-electron chi connectivity index (χ3n) is 12.4. The normalized spacial score (nSPS) is 11.3. The van der Waals surface area contributed by atoms with Crippen LogP contribution < -0.4 is 15.2 Å². The summed E-state index contributed by atoms with van der Waals surface area (Å²) in [5, 5.41) is 8.90. The van der Waals surface area contributed by atoms with Gasteiger partial charge in [0.1, 0.15) is 57.4 Å². The van der Waals surface area contributed by atoms with Gasteiger partial charge in [-0.05, 0) is 170 Å². The number of sulfone groups is 2. The van der Waals surface area contributed by atoms with E-state index in [1.54, 1.807) is 24.3 Å². The van der Waals surface area contributed by atoms with Crippen molar-refractivity contribution in [2.45, 2.75) is 164 Å². The van der Waals surface area contributed by atoms with Crippen molar-refractivity contribution >= 4 is 55.3 Å². The highest BCUT2D eigenvalue weighted by Crippen LogP contribution is 2.27. The summed E-state index contributed by atoms with van der Waals surface area (Å²) in [7, 11) is -4.83.